The fourth-order valence-corrected chi connectivity index (χ4v) is 3.37. The molecule has 8 heteroatoms. The molecule has 3 N–H and O–H groups in total. The summed E-state index contributed by atoms with van der Waals surface area (Å²) in [5.74, 6) is -0.294. The van der Waals surface area contributed by atoms with E-state index >= 15 is 0 Å². The quantitative estimate of drug-likeness (QED) is 0.704. The first kappa shape index (κ1) is 17.4. The molecule has 0 aliphatic carbocycles. The molecule has 0 saturated carbocycles. The number of aryl methyl sites for hydroxylation is 1. The van der Waals surface area contributed by atoms with E-state index in [2.05, 4.69) is 31.7 Å². The summed E-state index contributed by atoms with van der Waals surface area (Å²) in [4.78, 5) is 12.5. The van der Waals surface area contributed by atoms with Crippen LogP contribution in [0.3, 0.4) is 0 Å². The van der Waals surface area contributed by atoms with Crippen LogP contribution in [0.4, 0.5) is 5.69 Å². The van der Waals surface area contributed by atoms with Crippen molar-refractivity contribution >= 4 is 39.1 Å². The van der Waals surface area contributed by atoms with E-state index in [9.17, 15) is 4.79 Å². The first-order valence-corrected chi connectivity index (χ1v) is 8.94. The zero-order valence-corrected chi connectivity index (χ0v) is 15.3. The Morgan fingerprint density at radius 2 is 2.33 bits per heavy atom. The maximum atomic E-state index is 12.5. The number of benzene rings is 1. The molecule has 0 unspecified atom stereocenters. The van der Waals surface area contributed by atoms with Gasteiger partial charge in [-0.3, -0.25) is 9.48 Å². The number of anilines is 1. The molecule has 2 heterocycles. The van der Waals surface area contributed by atoms with Gasteiger partial charge in [0.2, 0.25) is 0 Å². The summed E-state index contributed by atoms with van der Waals surface area (Å²) >= 11 is 9.52. The molecule has 1 atom stereocenters. The lowest BCUT2D eigenvalue weighted by atomic mass is 10.0. The molecule has 1 aromatic heterocycles. The molecule has 128 valence electrons. The summed E-state index contributed by atoms with van der Waals surface area (Å²) in [6.45, 7) is 1.39. The second kappa shape index (κ2) is 7.65. The molecule has 0 spiro atoms. The van der Waals surface area contributed by atoms with E-state index in [0.29, 0.717) is 22.9 Å². The highest BCUT2D eigenvalue weighted by atomic mass is 79.9. The SMILES string of the molecule is O=C(Nc1cccc(Br)c1Cl)c1cc2n(n1)CCC[C@H]2NCCO. The van der Waals surface area contributed by atoms with Crippen molar-refractivity contribution in [3.05, 3.63) is 45.1 Å². The Morgan fingerprint density at radius 3 is 3.12 bits per heavy atom. The van der Waals surface area contributed by atoms with E-state index in [0.717, 1.165) is 29.6 Å². The minimum atomic E-state index is -0.294. The largest absolute Gasteiger partial charge is 0.395 e. The Labute approximate surface area is 153 Å². The van der Waals surface area contributed by atoms with Crippen LogP contribution in [-0.4, -0.2) is 33.9 Å². The van der Waals surface area contributed by atoms with Crippen LogP contribution in [0.15, 0.2) is 28.7 Å². The summed E-state index contributed by atoms with van der Waals surface area (Å²) in [6.07, 6.45) is 1.94. The van der Waals surface area contributed by atoms with E-state index in [1.165, 1.54) is 0 Å². The van der Waals surface area contributed by atoms with Crippen LogP contribution in [0.2, 0.25) is 5.02 Å². The van der Waals surface area contributed by atoms with Gasteiger partial charge in [0.15, 0.2) is 5.69 Å². The van der Waals surface area contributed by atoms with Crippen LogP contribution < -0.4 is 10.6 Å². The van der Waals surface area contributed by atoms with Crippen LogP contribution >= 0.6 is 27.5 Å². The molecule has 1 aliphatic heterocycles. The molecule has 1 aliphatic rings. The van der Waals surface area contributed by atoms with Gasteiger partial charge in [0, 0.05) is 23.6 Å². The normalized spacial score (nSPS) is 16.7. The van der Waals surface area contributed by atoms with Crippen molar-refractivity contribution in [2.75, 3.05) is 18.5 Å². The molecule has 0 saturated heterocycles. The van der Waals surface area contributed by atoms with Gasteiger partial charge >= 0.3 is 0 Å². The smallest absolute Gasteiger partial charge is 0.276 e. The third kappa shape index (κ3) is 3.64. The number of rotatable bonds is 5. The highest BCUT2D eigenvalue weighted by Crippen LogP contribution is 2.30. The maximum Gasteiger partial charge on any atom is 0.276 e. The van der Waals surface area contributed by atoms with Crippen LogP contribution in [0, 0.1) is 0 Å². The molecule has 3 rings (SSSR count). The number of hydrogen-bond acceptors (Lipinski definition) is 4. The third-order valence-corrected chi connectivity index (χ3v) is 5.26. The minimum absolute atomic E-state index is 0.0827. The Morgan fingerprint density at radius 1 is 1.50 bits per heavy atom. The summed E-state index contributed by atoms with van der Waals surface area (Å²) in [5.41, 5.74) is 1.87. The number of amides is 1. The number of aliphatic hydroxyl groups is 1. The standard InChI is InChI=1S/C16H18BrClN4O2/c17-10-3-1-4-12(15(10)18)20-16(24)13-9-14-11(19-6-8-23)5-2-7-22(14)21-13/h1,3-4,9,11,19,23H,2,5-8H2,(H,20,24)/t11-/m1/s1. The number of nitrogens with one attached hydrogen (secondary N) is 2. The summed E-state index contributed by atoms with van der Waals surface area (Å²) in [7, 11) is 0. The molecule has 1 amide bonds. The molecule has 6 nitrogen and oxygen atoms in total. The summed E-state index contributed by atoms with van der Waals surface area (Å²) in [6, 6.07) is 7.26. The van der Waals surface area contributed by atoms with Crippen molar-refractivity contribution in [2.24, 2.45) is 0 Å². The Bertz CT molecular complexity index is 750. The van der Waals surface area contributed by atoms with E-state index in [1.807, 2.05) is 10.7 Å². The number of halogens is 2. The molecule has 0 fully saturated rings. The van der Waals surface area contributed by atoms with Crippen molar-refractivity contribution in [1.82, 2.24) is 15.1 Å². The molecular formula is C16H18BrClN4O2. The maximum absolute atomic E-state index is 12.5. The van der Waals surface area contributed by atoms with Gasteiger partial charge in [-0.15, -0.1) is 0 Å². The van der Waals surface area contributed by atoms with Crippen molar-refractivity contribution in [2.45, 2.75) is 25.4 Å². The molecule has 2 aromatic rings. The van der Waals surface area contributed by atoms with Gasteiger partial charge in [-0.1, -0.05) is 17.7 Å². The van der Waals surface area contributed by atoms with Crippen LogP contribution in [-0.2, 0) is 6.54 Å². The molecule has 24 heavy (non-hydrogen) atoms. The monoisotopic (exact) mass is 412 g/mol. The van der Waals surface area contributed by atoms with Gasteiger partial charge in [-0.25, -0.2) is 0 Å². The molecular weight excluding hydrogens is 396 g/mol. The molecule has 1 aromatic carbocycles. The number of carbonyl (C=O) groups excluding carboxylic acids is 1. The predicted molar refractivity (Wildman–Crippen MR) is 96.4 cm³/mol. The van der Waals surface area contributed by atoms with Crippen LogP contribution in [0.5, 0.6) is 0 Å². The van der Waals surface area contributed by atoms with Crippen molar-refractivity contribution in [1.29, 1.82) is 0 Å². The van der Waals surface area contributed by atoms with Gasteiger partial charge in [-0.2, -0.15) is 5.10 Å². The first-order chi connectivity index (χ1) is 11.6. The predicted octanol–water partition coefficient (Wildman–Crippen LogP) is 2.97. The molecule has 0 bridgehead atoms. The second-order valence-electron chi connectivity index (χ2n) is 5.61. The summed E-state index contributed by atoms with van der Waals surface area (Å²) < 4.78 is 2.58. The highest BCUT2D eigenvalue weighted by molar-refractivity contribution is 9.10. The van der Waals surface area contributed by atoms with Crippen molar-refractivity contribution < 1.29 is 9.90 Å². The van der Waals surface area contributed by atoms with Gasteiger partial charge in [0.25, 0.3) is 5.91 Å². The Kier molecular flexibility index (Phi) is 5.55. The number of fused-ring (bicyclic) bond motifs is 1. The number of hydrogen-bond donors (Lipinski definition) is 3. The van der Waals surface area contributed by atoms with Gasteiger partial charge < -0.3 is 15.7 Å². The number of nitrogens with zero attached hydrogens (tertiary/aromatic N) is 2. The lowest BCUT2D eigenvalue weighted by molar-refractivity contribution is 0.102. The Balaban J connectivity index is 1.79. The topological polar surface area (TPSA) is 79.2 Å². The fourth-order valence-electron chi connectivity index (χ4n) is 2.83. The van der Waals surface area contributed by atoms with E-state index in [-0.39, 0.29) is 18.6 Å². The average molecular weight is 414 g/mol. The first-order valence-electron chi connectivity index (χ1n) is 7.77. The highest BCUT2D eigenvalue weighted by Gasteiger charge is 2.24. The zero-order valence-electron chi connectivity index (χ0n) is 12.9. The number of carbonyl (C=O) groups is 1. The lowest BCUT2D eigenvalue weighted by Gasteiger charge is -2.24. The Hall–Kier alpha value is -1.41. The summed E-state index contributed by atoms with van der Waals surface area (Å²) in [5, 5.41) is 19.9. The van der Waals surface area contributed by atoms with Crippen molar-refractivity contribution in [3.63, 3.8) is 0 Å². The third-order valence-electron chi connectivity index (χ3n) is 3.97. The number of aliphatic hydroxyl groups excluding tert-OH is 1. The fraction of sp³-hybridized carbons (Fsp3) is 0.375. The second-order valence-corrected chi connectivity index (χ2v) is 6.84. The van der Waals surface area contributed by atoms with Crippen LogP contribution in [0.25, 0.3) is 0 Å². The van der Waals surface area contributed by atoms with Crippen molar-refractivity contribution in [3.8, 4) is 0 Å². The minimum Gasteiger partial charge on any atom is -0.395 e. The van der Waals surface area contributed by atoms with E-state index in [4.69, 9.17) is 16.7 Å². The van der Waals surface area contributed by atoms with Gasteiger partial charge in [-0.05, 0) is 47.0 Å². The van der Waals surface area contributed by atoms with Gasteiger partial charge in [0.1, 0.15) is 0 Å². The zero-order chi connectivity index (χ0) is 17.1. The number of aromatic nitrogens is 2. The van der Waals surface area contributed by atoms with Crippen LogP contribution in [0.1, 0.15) is 35.1 Å². The van der Waals surface area contributed by atoms with E-state index in [1.54, 1.807) is 18.2 Å². The molecule has 0 radical (unpaired) electrons. The lowest BCUT2D eigenvalue weighted by Crippen LogP contribution is -2.29. The average Bonchev–Trinajstić information content (AvgIpc) is 3.02. The van der Waals surface area contributed by atoms with Gasteiger partial charge in [0.05, 0.1) is 23.0 Å². The van der Waals surface area contributed by atoms with E-state index < -0.39 is 0 Å².